The van der Waals surface area contributed by atoms with Gasteiger partial charge >= 0.3 is 0 Å². The Kier molecular flexibility index (Phi) is 16.5. The molecule has 13 heteroatoms. The monoisotopic (exact) mass is 584 g/mol. The highest BCUT2D eigenvalue weighted by Crippen LogP contribution is 2.17. The van der Waals surface area contributed by atoms with Crippen LogP contribution in [0.15, 0.2) is 21.6 Å². The summed E-state index contributed by atoms with van der Waals surface area (Å²) in [4.78, 5) is 19.6. The Labute approximate surface area is 205 Å². The van der Waals surface area contributed by atoms with E-state index >= 15 is 0 Å². The van der Waals surface area contributed by atoms with Crippen LogP contribution in [0.3, 0.4) is 0 Å². The molecule has 0 aliphatic heterocycles. The van der Waals surface area contributed by atoms with Crippen molar-refractivity contribution in [2.45, 2.75) is 12.8 Å². The van der Waals surface area contributed by atoms with E-state index in [2.05, 4.69) is 61.6 Å². The molecular formula is C18H31Br2ClN8O2. The molecule has 2 aromatic rings. The summed E-state index contributed by atoms with van der Waals surface area (Å²) in [6, 6.07) is 0. The molecule has 0 aliphatic rings. The highest BCUT2D eigenvalue weighted by atomic mass is 79.9. The highest BCUT2D eigenvalue weighted by Gasteiger charge is 2.04. The number of aliphatic hydroxyl groups is 1. The third kappa shape index (κ3) is 16.0. The molecule has 10 nitrogen and oxygen atoms in total. The number of nitrogens with zero attached hydrogens (tertiary/aromatic N) is 6. The predicted octanol–water partition coefficient (Wildman–Crippen LogP) is 2.56. The van der Waals surface area contributed by atoms with Crippen LogP contribution in [0.4, 0.5) is 11.6 Å². The van der Waals surface area contributed by atoms with Gasteiger partial charge in [-0.2, -0.15) is 0 Å². The minimum atomic E-state index is 0.234. The van der Waals surface area contributed by atoms with Crippen LogP contribution in [-0.2, 0) is 0 Å². The molecule has 31 heavy (non-hydrogen) atoms. The van der Waals surface area contributed by atoms with Crippen molar-refractivity contribution in [2.24, 2.45) is 0 Å². The van der Waals surface area contributed by atoms with Crippen molar-refractivity contribution < 1.29 is 9.84 Å². The van der Waals surface area contributed by atoms with Gasteiger partial charge in [0.25, 0.3) is 5.88 Å². The number of rotatable bonds is 8. The first kappa shape index (κ1) is 29.7. The summed E-state index contributed by atoms with van der Waals surface area (Å²) in [5.41, 5.74) is 10.9. The molecule has 2 rings (SSSR count). The zero-order valence-electron chi connectivity index (χ0n) is 18.2. The van der Waals surface area contributed by atoms with E-state index in [0.29, 0.717) is 34.1 Å². The number of aliphatic hydroxyl groups excluding tert-OH is 1. The fourth-order valence-corrected chi connectivity index (χ4v) is 2.46. The maximum Gasteiger partial charge on any atom is 0.257 e. The van der Waals surface area contributed by atoms with Crippen molar-refractivity contribution in [1.82, 2.24) is 29.7 Å². The van der Waals surface area contributed by atoms with Gasteiger partial charge in [-0.1, -0.05) is 11.6 Å². The van der Waals surface area contributed by atoms with Crippen LogP contribution in [0, 0.1) is 0 Å². The van der Waals surface area contributed by atoms with Gasteiger partial charge in [-0.15, -0.1) is 0 Å². The smallest absolute Gasteiger partial charge is 0.257 e. The lowest BCUT2D eigenvalue weighted by Crippen LogP contribution is -2.16. The number of hydrogen-bond acceptors (Lipinski definition) is 10. The lowest BCUT2D eigenvalue weighted by molar-refractivity contribution is 0.263. The number of anilines is 2. The van der Waals surface area contributed by atoms with E-state index < -0.39 is 0 Å². The summed E-state index contributed by atoms with van der Waals surface area (Å²) >= 11 is 11.7. The van der Waals surface area contributed by atoms with Crippen LogP contribution >= 0.6 is 43.5 Å². The topological polar surface area (TPSA) is 140 Å². The fraction of sp³-hybridized carbons (Fsp3) is 0.556. The van der Waals surface area contributed by atoms with Gasteiger partial charge in [0.2, 0.25) is 0 Å². The highest BCUT2D eigenvalue weighted by molar-refractivity contribution is 9.10. The van der Waals surface area contributed by atoms with Crippen molar-refractivity contribution in [1.29, 1.82) is 0 Å². The van der Waals surface area contributed by atoms with Crippen molar-refractivity contribution >= 4 is 55.1 Å². The van der Waals surface area contributed by atoms with E-state index in [1.165, 1.54) is 6.20 Å². The molecule has 2 aromatic heterocycles. The largest absolute Gasteiger partial charge is 0.475 e. The Bertz CT molecular complexity index is 756. The molecule has 0 spiro atoms. The van der Waals surface area contributed by atoms with Crippen molar-refractivity contribution in [3.05, 3.63) is 26.8 Å². The summed E-state index contributed by atoms with van der Waals surface area (Å²) in [6.45, 7) is 2.86. The van der Waals surface area contributed by atoms with Gasteiger partial charge in [0, 0.05) is 13.2 Å². The van der Waals surface area contributed by atoms with Crippen LogP contribution in [0.2, 0.25) is 5.15 Å². The zero-order valence-corrected chi connectivity index (χ0v) is 22.2. The van der Waals surface area contributed by atoms with E-state index in [1.807, 2.05) is 28.2 Å². The van der Waals surface area contributed by atoms with Crippen LogP contribution in [0.1, 0.15) is 12.8 Å². The Morgan fingerprint density at radius 3 is 1.87 bits per heavy atom. The molecule has 2 heterocycles. The average molecular weight is 587 g/mol. The molecule has 0 unspecified atom stereocenters. The number of nitrogens with two attached hydrogens (primary N) is 2. The molecule has 5 N–H and O–H groups in total. The van der Waals surface area contributed by atoms with Crippen LogP contribution in [-0.4, -0.2) is 89.3 Å². The van der Waals surface area contributed by atoms with Crippen LogP contribution in [0.5, 0.6) is 5.88 Å². The molecule has 0 aliphatic carbocycles. The molecule has 176 valence electrons. The molecule has 0 aromatic carbocycles. The summed E-state index contributed by atoms with van der Waals surface area (Å²) in [5, 5.41) is 8.52. The number of aromatic nitrogens is 4. The first-order valence-corrected chi connectivity index (χ1v) is 11.3. The minimum Gasteiger partial charge on any atom is -0.475 e. The van der Waals surface area contributed by atoms with E-state index in [1.54, 1.807) is 6.20 Å². The molecule has 0 radical (unpaired) electrons. The van der Waals surface area contributed by atoms with Gasteiger partial charge in [0.15, 0.2) is 16.8 Å². The summed E-state index contributed by atoms with van der Waals surface area (Å²) in [6.07, 6.45) is 4.87. The standard InChI is InChI=1S/C9H15BrN4O.C5H13NO.C4H3BrClN3/c1-14(2)4-3-5-15-9-8(11)13-7(10)6-12-9;1-6(2)4-3-5-7;5-2-1-8-3(6)4(7)9-2/h6H,3-5H2,1-2H3,(H2,11,13);7H,3-5H2,1-2H3;1H,(H2,7,9). The third-order valence-electron chi connectivity index (χ3n) is 3.21. The van der Waals surface area contributed by atoms with Gasteiger partial charge < -0.3 is 31.1 Å². The second-order valence-corrected chi connectivity index (χ2v) is 8.62. The minimum absolute atomic E-state index is 0.234. The molecular weight excluding hydrogens is 556 g/mol. The van der Waals surface area contributed by atoms with Crippen molar-refractivity contribution in [3.63, 3.8) is 0 Å². The maximum atomic E-state index is 8.29. The second kappa shape index (κ2) is 17.3. The third-order valence-corrected chi connectivity index (χ3v) is 4.27. The Morgan fingerprint density at radius 1 is 0.935 bits per heavy atom. The van der Waals surface area contributed by atoms with E-state index in [4.69, 9.17) is 32.9 Å². The Hall–Kier alpha value is -1.31. The van der Waals surface area contributed by atoms with Gasteiger partial charge in [-0.25, -0.2) is 19.9 Å². The normalized spacial score (nSPS) is 10.3. The van der Waals surface area contributed by atoms with Crippen molar-refractivity contribution in [2.75, 3.05) is 66.0 Å². The number of hydrogen-bond donors (Lipinski definition) is 3. The summed E-state index contributed by atoms with van der Waals surface area (Å²) < 4.78 is 6.60. The summed E-state index contributed by atoms with van der Waals surface area (Å²) in [7, 11) is 8.03. The summed E-state index contributed by atoms with van der Waals surface area (Å²) in [5.74, 6) is 0.956. The zero-order chi connectivity index (χ0) is 23.8. The molecule has 0 bridgehead atoms. The van der Waals surface area contributed by atoms with E-state index in [-0.39, 0.29) is 11.0 Å². The van der Waals surface area contributed by atoms with Gasteiger partial charge in [0.05, 0.1) is 19.0 Å². The quantitative estimate of drug-likeness (QED) is 0.396. The van der Waals surface area contributed by atoms with Gasteiger partial charge in [-0.3, -0.25) is 0 Å². The lowest BCUT2D eigenvalue weighted by atomic mass is 10.4. The Morgan fingerprint density at radius 2 is 1.45 bits per heavy atom. The predicted molar refractivity (Wildman–Crippen MR) is 132 cm³/mol. The number of ether oxygens (including phenoxy) is 1. The first-order valence-electron chi connectivity index (χ1n) is 9.31. The fourth-order valence-electron chi connectivity index (χ4n) is 1.78. The molecule has 0 saturated carbocycles. The van der Waals surface area contributed by atoms with Gasteiger partial charge in [0.1, 0.15) is 9.21 Å². The molecule has 0 amide bonds. The van der Waals surface area contributed by atoms with Crippen LogP contribution in [0.25, 0.3) is 0 Å². The lowest BCUT2D eigenvalue weighted by Gasteiger charge is -2.10. The van der Waals surface area contributed by atoms with Gasteiger partial charge in [-0.05, 0) is 79.4 Å². The van der Waals surface area contributed by atoms with E-state index in [0.717, 1.165) is 25.9 Å². The number of halogens is 3. The molecule has 0 atom stereocenters. The second-order valence-electron chi connectivity index (χ2n) is 6.64. The van der Waals surface area contributed by atoms with E-state index in [9.17, 15) is 0 Å². The van der Waals surface area contributed by atoms with Crippen molar-refractivity contribution in [3.8, 4) is 5.88 Å². The number of nitrogen functional groups attached to an aromatic ring is 2. The Balaban J connectivity index is 0.000000479. The van der Waals surface area contributed by atoms with Crippen LogP contribution < -0.4 is 16.2 Å². The molecule has 0 saturated heterocycles. The first-order chi connectivity index (χ1) is 14.6. The average Bonchev–Trinajstić information content (AvgIpc) is 2.69. The SMILES string of the molecule is CN(C)CCCO.CN(C)CCCOc1ncc(Br)nc1N.Nc1nc(Br)cnc1Cl. The maximum absolute atomic E-state index is 8.29. The molecule has 0 fully saturated rings.